The number of carbonyl (C=O) groups is 1. The molecule has 0 aliphatic carbocycles. The molecule has 1 aliphatic rings. The zero-order valence-corrected chi connectivity index (χ0v) is 23.4. The summed E-state index contributed by atoms with van der Waals surface area (Å²) in [5.74, 6) is 0.616. The van der Waals surface area contributed by atoms with Crippen LogP contribution in [0.25, 0.3) is 11.4 Å². The third-order valence-electron chi connectivity index (χ3n) is 6.79. The van der Waals surface area contributed by atoms with Crippen LogP contribution in [0.4, 0.5) is 0 Å². The van der Waals surface area contributed by atoms with Crippen molar-refractivity contribution in [1.29, 1.82) is 0 Å². The number of para-hydroxylation sites is 1. The van der Waals surface area contributed by atoms with Crippen molar-refractivity contribution in [3.05, 3.63) is 54.6 Å². The summed E-state index contributed by atoms with van der Waals surface area (Å²) in [4.78, 5) is 13.4. The Morgan fingerprint density at radius 3 is 2.44 bits per heavy atom. The van der Waals surface area contributed by atoms with Gasteiger partial charge in [0.05, 0.1) is 25.3 Å². The molecule has 2 heterocycles. The first kappa shape index (κ1) is 30.5. The first-order valence-electron chi connectivity index (χ1n) is 13.2. The predicted molar refractivity (Wildman–Crippen MR) is 146 cm³/mol. The summed E-state index contributed by atoms with van der Waals surface area (Å²) in [5, 5.41) is 33.2. The number of aromatic nitrogens is 4. The van der Waals surface area contributed by atoms with Gasteiger partial charge < -0.3 is 25.4 Å². The van der Waals surface area contributed by atoms with E-state index in [1.807, 2.05) is 37.3 Å². The first-order chi connectivity index (χ1) is 19.6. The Bertz CT molecular complexity index is 1390. The summed E-state index contributed by atoms with van der Waals surface area (Å²) in [6.07, 6.45) is -3.94. The number of aryl methyl sites for hydroxylation is 1. The summed E-state index contributed by atoms with van der Waals surface area (Å²) in [7, 11) is -4.50. The number of ether oxygens (including phenoxy) is 2. The Labute approximate surface area is 237 Å². The van der Waals surface area contributed by atoms with Crippen molar-refractivity contribution in [1.82, 2.24) is 24.9 Å². The second kappa shape index (κ2) is 13.5. The fraction of sp³-hybridized carbons (Fsp3) is 0.462. The highest BCUT2D eigenvalue weighted by Gasteiger charge is 2.43. The van der Waals surface area contributed by atoms with E-state index in [4.69, 9.17) is 19.4 Å². The van der Waals surface area contributed by atoms with Crippen molar-refractivity contribution in [3.63, 3.8) is 0 Å². The molecule has 5 N–H and O–H groups in total. The number of carbonyl (C=O) groups excluding carboxylic acids is 1. The number of benzene rings is 2. The van der Waals surface area contributed by atoms with Gasteiger partial charge in [-0.1, -0.05) is 38.5 Å². The maximum atomic E-state index is 12.2. The van der Waals surface area contributed by atoms with Gasteiger partial charge in [-0.3, -0.25) is 8.98 Å². The van der Waals surface area contributed by atoms with E-state index < -0.39 is 53.3 Å². The molecular formula is C26H34N6O8S. The summed E-state index contributed by atoms with van der Waals surface area (Å²) in [6.45, 7) is 3.12. The number of tetrazole rings is 1. The number of hydrogen-bond acceptors (Lipinski definition) is 12. The number of aliphatic hydroxyl groups excluding tert-OH is 2. The van der Waals surface area contributed by atoms with E-state index in [1.54, 1.807) is 35.9 Å². The smallest absolute Gasteiger partial charge is 0.362 e. The standard InChI is InChI=1S/C26H34N6O8S/c1-3-16(2)22(27)26(35)30-41(36,37)38-15-21-24(34)23(33)20(40-21)13-14-32-29-25(28-31-32)17-9-11-19(12-10-17)39-18-7-5-4-6-8-18/h4-12,16,20-24,33-34H,3,13-15,27H2,1-2H3,(H,30,35). The lowest BCUT2D eigenvalue weighted by Gasteiger charge is -2.18. The Hall–Kier alpha value is -3.47. The van der Waals surface area contributed by atoms with Crippen molar-refractivity contribution in [3.8, 4) is 22.9 Å². The second-order valence-electron chi connectivity index (χ2n) is 9.75. The molecule has 1 aromatic heterocycles. The average molecular weight is 591 g/mol. The Morgan fingerprint density at radius 2 is 1.76 bits per heavy atom. The molecule has 1 amide bonds. The van der Waals surface area contributed by atoms with E-state index >= 15 is 0 Å². The molecule has 14 nitrogen and oxygen atoms in total. The van der Waals surface area contributed by atoms with Crippen molar-refractivity contribution in [2.75, 3.05) is 6.61 Å². The lowest BCUT2D eigenvalue weighted by molar-refractivity contribution is -0.121. The summed E-state index contributed by atoms with van der Waals surface area (Å²) in [6, 6.07) is 15.5. The molecule has 0 saturated carbocycles. The van der Waals surface area contributed by atoms with Crippen LogP contribution in [0.15, 0.2) is 54.6 Å². The number of hydrogen-bond donors (Lipinski definition) is 4. The molecule has 1 saturated heterocycles. The number of nitrogens with zero attached hydrogens (tertiary/aromatic N) is 4. The molecule has 6 unspecified atom stereocenters. The molecule has 0 radical (unpaired) electrons. The highest BCUT2D eigenvalue weighted by Crippen LogP contribution is 2.26. The molecular weight excluding hydrogens is 556 g/mol. The normalized spacial score (nSPS) is 22.3. The van der Waals surface area contributed by atoms with Gasteiger partial charge in [0.25, 0.3) is 5.91 Å². The van der Waals surface area contributed by atoms with Crippen LogP contribution in [0, 0.1) is 5.92 Å². The number of nitrogens with one attached hydrogen (secondary N) is 1. The predicted octanol–water partition coefficient (Wildman–Crippen LogP) is 0.763. The molecule has 0 bridgehead atoms. The van der Waals surface area contributed by atoms with Gasteiger partial charge in [0, 0.05) is 5.56 Å². The largest absolute Gasteiger partial charge is 0.457 e. The zero-order chi connectivity index (χ0) is 29.6. The molecule has 1 fully saturated rings. The molecule has 222 valence electrons. The van der Waals surface area contributed by atoms with Crippen LogP contribution in [-0.4, -0.2) is 81.8 Å². The van der Waals surface area contributed by atoms with Crippen LogP contribution in [0.1, 0.15) is 26.7 Å². The van der Waals surface area contributed by atoms with Gasteiger partial charge in [-0.05, 0) is 54.0 Å². The fourth-order valence-electron chi connectivity index (χ4n) is 4.08. The Balaban J connectivity index is 1.26. The van der Waals surface area contributed by atoms with Crippen LogP contribution in [-0.2, 0) is 30.6 Å². The minimum absolute atomic E-state index is 0.196. The number of nitrogens with two attached hydrogens (primary N) is 1. The molecule has 3 aromatic rings. The molecule has 6 atom stereocenters. The molecule has 41 heavy (non-hydrogen) atoms. The van der Waals surface area contributed by atoms with Crippen molar-refractivity contribution >= 4 is 16.2 Å². The van der Waals surface area contributed by atoms with E-state index in [0.29, 0.717) is 18.0 Å². The second-order valence-corrected chi connectivity index (χ2v) is 11.1. The fourth-order valence-corrected chi connectivity index (χ4v) is 4.84. The van der Waals surface area contributed by atoms with E-state index in [0.717, 1.165) is 11.3 Å². The maximum absolute atomic E-state index is 12.2. The van der Waals surface area contributed by atoms with Crippen molar-refractivity contribution < 1.29 is 37.1 Å². The highest BCUT2D eigenvalue weighted by atomic mass is 32.2. The number of rotatable bonds is 13. The summed E-state index contributed by atoms with van der Waals surface area (Å²) >= 11 is 0. The van der Waals surface area contributed by atoms with Gasteiger partial charge in [0.2, 0.25) is 5.82 Å². The van der Waals surface area contributed by atoms with Crippen molar-refractivity contribution in [2.24, 2.45) is 11.7 Å². The maximum Gasteiger partial charge on any atom is 0.362 e. The average Bonchev–Trinajstić information content (AvgIpc) is 3.55. The quantitative estimate of drug-likeness (QED) is 0.218. The molecule has 1 aliphatic heterocycles. The van der Waals surface area contributed by atoms with Crippen LogP contribution >= 0.6 is 0 Å². The summed E-state index contributed by atoms with van der Waals surface area (Å²) in [5.41, 5.74) is 6.47. The van der Waals surface area contributed by atoms with Crippen LogP contribution in [0.2, 0.25) is 0 Å². The van der Waals surface area contributed by atoms with E-state index in [-0.39, 0.29) is 18.9 Å². The van der Waals surface area contributed by atoms with Gasteiger partial charge in [-0.25, -0.2) is 4.72 Å². The van der Waals surface area contributed by atoms with E-state index in [9.17, 15) is 23.4 Å². The minimum Gasteiger partial charge on any atom is -0.457 e. The SMILES string of the molecule is CCC(C)C(N)C(=O)NS(=O)(=O)OCC1OC(CCn2nnc(-c3ccc(Oc4ccccc4)cc3)n2)C(O)C1O. The topological polar surface area (TPSA) is 201 Å². The van der Waals surface area contributed by atoms with Gasteiger partial charge in [-0.15, -0.1) is 10.2 Å². The molecule has 0 spiro atoms. The molecule has 2 aromatic carbocycles. The lowest BCUT2D eigenvalue weighted by atomic mass is 10.00. The van der Waals surface area contributed by atoms with Crippen LogP contribution in [0.5, 0.6) is 11.5 Å². The summed E-state index contributed by atoms with van der Waals surface area (Å²) < 4.78 is 42.3. The van der Waals surface area contributed by atoms with Gasteiger partial charge in [0.1, 0.15) is 29.8 Å². The Kier molecular flexibility index (Phi) is 10.0. The monoisotopic (exact) mass is 590 g/mol. The Morgan fingerprint density at radius 1 is 1.10 bits per heavy atom. The van der Waals surface area contributed by atoms with Crippen molar-refractivity contribution in [2.45, 2.75) is 63.7 Å². The lowest BCUT2D eigenvalue weighted by Crippen LogP contribution is -2.47. The first-order valence-corrected chi connectivity index (χ1v) is 14.6. The third-order valence-corrected chi connectivity index (χ3v) is 7.69. The number of amides is 1. The molecule has 4 rings (SSSR count). The highest BCUT2D eigenvalue weighted by molar-refractivity contribution is 7.85. The number of aliphatic hydroxyl groups is 2. The van der Waals surface area contributed by atoms with Gasteiger partial charge in [-0.2, -0.15) is 13.2 Å². The van der Waals surface area contributed by atoms with E-state index in [2.05, 4.69) is 15.4 Å². The van der Waals surface area contributed by atoms with Crippen LogP contribution in [0.3, 0.4) is 0 Å². The zero-order valence-electron chi connectivity index (χ0n) is 22.6. The van der Waals surface area contributed by atoms with Crippen LogP contribution < -0.4 is 15.2 Å². The third kappa shape index (κ3) is 8.06. The van der Waals surface area contributed by atoms with Gasteiger partial charge in [0.15, 0.2) is 0 Å². The molecule has 15 heteroatoms. The minimum atomic E-state index is -4.50. The van der Waals surface area contributed by atoms with Gasteiger partial charge >= 0.3 is 10.3 Å². The van der Waals surface area contributed by atoms with E-state index in [1.165, 1.54) is 4.80 Å².